The second-order valence-electron chi connectivity index (χ2n) is 5.13. The molecule has 1 aliphatic carbocycles. The average molecular weight is 274 g/mol. The number of anilines is 1. The van der Waals surface area contributed by atoms with Gasteiger partial charge in [0.05, 0.1) is 18.9 Å². The van der Waals surface area contributed by atoms with E-state index in [0.717, 1.165) is 35.2 Å². The predicted octanol–water partition coefficient (Wildman–Crippen LogP) is 2.54. The van der Waals surface area contributed by atoms with Gasteiger partial charge < -0.3 is 19.8 Å². The third-order valence-electron chi connectivity index (χ3n) is 3.95. The van der Waals surface area contributed by atoms with Gasteiger partial charge >= 0.3 is 0 Å². The molecular weight excluding hydrogens is 256 g/mol. The predicted molar refractivity (Wildman–Crippen MR) is 77.0 cm³/mol. The lowest BCUT2D eigenvalue weighted by Crippen LogP contribution is -2.38. The van der Waals surface area contributed by atoms with Gasteiger partial charge in [-0.3, -0.25) is 4.79 Å². The van der Waals surface area contributed by atoms with Crippen LogP contribution in [-0.2, 0) is 9.53 Å². The smallest absolute Gasteiger partial charge is 0.227 e. The van der Waals surface area contributed by atoms with Gasteiger partial charge in [0, 0.05) is 30.1 Å². The highest BCUT2D eigenvalue weighted by Crippen LogP contribution is 2.32. The van der Waals surface area contributed by atoms with Crippen LogP contribution in [0.1, 0.15) is 12.8 Å². The summed E-state index contributed by atoms with van der Waals surface area (Å²) in [4.78, 5) is 15.3. The second-order valence-corrected chi connectivity index (χ2v) is 5.13. The van der Waals surface area contributed by atoms with E-state index in [2.05, 4.69) is 10.3 Å². The third-order valence-corrected chi connectivity index (χ3v) is 3.95. The van der Waals surface area contributed by atoms with E-state index in [9.17, 15) is 4.79 Å². The van der Waals surface area contributed by atoms with E-state index < -0.39 is 0 Å². The molecule has 2 N–H and O–H groups in total. The van der Waals surface area contributed by atoms with Crippen LogP contribution in [0.3, 0.4) is 0 Å². The maximum absolute atomic E-state index is 12.1. The number of nitrogens with one attached hydrogen (secondary N) is 2. The number of hydrogen-bond acceptors (Lipinski definition) is 3. The number of hydrogen-bond donors (Lipinski definition) is 2. The van der Waals surface area contributed by atoms with Crippen molar-refractivity contribution in [1.29, 1.82) is 0 Å². The van der Waals surface area contributed by atoms with Gasteiger partial charge in [-0.1, -0.05) is 0 Å². The van der Waals surface area contributed by atoms with Crippen LogP contribution in [0.25, 0.3) is 10.9 Å². The van der Waals surface area contributed by atoms with E-state index >= 15 is 0 Å². The molecule has 1 aliphatic rings. The summed E-state index contributed by atoms with van der Waals surface area (Å²) >= 11 is 0. The molecule has 20 heavy (non-hydrogen) atoms. The largest absolute Gasteiger partial charge is 0.497 e. The summed E-state index contributed by atoms with van der Waals surface area (Å²) in [6, 6.07) is 5.74. The quantitative estimate of drug-likeness (QED) is 0.900. The number of carbonyl (C=O) groups is 1. The Balaban J connectivity index is 1.75. The summed E-state index contributed by atoms with van der Waals surface area (Å²) < 4.78 is 10.4. The number of ether oxygens (including phenoxy) is 2. The van der Waals surface area contributed by atoms with E-state index in [1.54, 1.807) is 14.2 Å². The fourth-order valence-corrected chi connectivity index (χ4v) is 2.54. The van der Waals surface area contributed by atoms with E-state index in [1.807, 2.05) is 24.4 Å². The first-order valence-electron chi connectivity index (χ1n) is 6.70. The average Bonchev–Trinajstić information content (AvgIpc) is 2.80. The van der Waals surface area contributed by atoms with Crippen LogP contribution < -0.4 is 10.1 Å². The van der Waals surface area contributed by atoms with Crippen LogP contribution in [0.15, 0.2) is 24.4 Å². The highest BCUT2D eigenvalue weighted by atomic mass is 16.5. The first-order chi connectivity index (χ1) is 9.71. The summed E-state index contributed by atoms with van der Waals surface area (Å²) in [6.07, 6.45) is 3.64. The van der Waals surface area contributed by atoms with Gasteiger partial charge in [-0.25, -0.2) is 0 Å². The molecule has 1 saturated carbocycles. The van der Waals surface area contributed by atoms with Crippen molar-refractivity contribution in [1.82, 2.24) is 4.98 Å². The number of aromatic nitrogens is 1. The Morgan fingerprint density at radius 1 is 1.35 bits per heavy atom. The van der Waals surface area contributed by atoms with Gasteiger partial charge in [0.15, 0.2) is 0 Å². The number of carbonyl (C=O) groups excluding carboxylic acids is 1. The lowest BCUT2D eigenvalue weighted by Gasteiger charge is -2.32. The molecule has 0 saturated heterocycles. The summed E-state index contributed by atoms with van der Waals surface area (Å²) in [6.45, 7) is 0. The standard InChI is InChI=1S/C15H18N2O3/c1-19-10-3-4-13-12(7-10)14(8-16-13)17-15(18)9-5-11(6-9)20-2/h3-4,7-9,11,16H,5-6H2,1-2H3,(H,17,18). The van der Waals surface area contributed by atoms with Crippen molar-refractivity contribution in [2.45, 2.75) is 18.9 Å². The van der Waals surface area contributed by atoms with Crippen molar-refractivity contribution in [3.63, 3.8) is 0 Å². The van der Waals surface area contributed by atoms with Crippen molar-refractivity contribution < 1.29 is 14.3 Å². The lowest BCUT2D eigenvalue weighted by molar-refractivity contribution is -0.127. The fourth-order valence-electron chi connectivity index (χ4n) is 2.54. The number of aromatic amines is 1. The number of H-pyrrole nitrogens is 1. The Bertz CT molecular complexity index is 629. The van der Waals surface area contributed by atoms with Crippen molar-refractivity contribution in [3.8, 4) is 5.75 Å². The van der Waals surface area contributed by atoms with E-state index in [-0.39, 0.29) is 17.9 Å². The third kappa shape index (κ3) is 2.25. The van der Waals surface area contributed by atoms with Crippen LogP contribution in [0, 0.1) is 5.92 Å². The summed E-state index contributed by atoms with van der Waals surface area (Å²) in [5.41, 5.74) is 1.77. The Hall–Kier alpha value is -2.01. The molecule has 0 atom stereocenters. The van der Waals surface area contributed by atoms with Gasteiger partial charge in [-0.15, -0.1) is 0 Å². The maximum atomic E-state index is 12.1. The Kier molecular flexibility index (Phi) is 3.36. The zero-order valence-electron chi connectivity index (χ0n) is 11.6. The zero-order valence-corrected chi connectivity index (χ0v) is 11.6. The number of amides is 1. The molecule has 1 fully saturated rings. The first kappa shape index (κ1) is 13.0. The van der Waals surface area contributed by atoms with Crippen LogP contribution in [0.2, 0.25) is 0 Å². The normalized spacial score (nSPS) is 21.5. The van der Waals surface area contributed by atoms with Gasteiger partial charge in [0.2, 0.25) is 5.91 Å². The van der Waals surface area contributed by atoms with Crippen molar-refractivity contribution in [2.75, 3.05) is 19.5 Å². The minimum Gasteiger partial charge on any atom is -0.497 e. The van der Waals surface area contributed by atoms with Crippen molar-refractivity contribution >= 4 is 22.5 Å². The molecule has 3 rings (SSSR count). The monoisotopic (exact) mass is 274 g/mol. The molecule has 5 nitrogen and oxygen atoms in total. The highest BCUT2D eigenvalue weighted by molar-refractivity contribution is 6.03. The van der Waals surface area contributed by atoms with Crippen LogP contribution in [0.4, 0.5) is 5.69 Å². The minimum atomic E-state index is 0.0514. The summed E-state index contributed by atoms with van der Waals surface area (Å²) in [7, 11) is 3.32. The molecule has 1 amide bonds. The van der Waals surface area contributed by atoms with E-state index in [1.165, 1.54) is 0 Å². The maximum Gasteiger partial charge on any atom is 0.227 e. The van der Waals surface area contributed by atoms with E-state index in [0.29, 0.717) is 0 Å². The summed E-state index contributed by atoms with van der Waals surface area (Å²) in [5.74, 6) is 0.883. The van der Waals surface area contributed by atoms with Gasteiger partial charge in [0.25, 0.3) is 0 Å². The summed E-state index contributed by atoms with van der Waals surface area (Å²) in [5, 5.41) is 3.94. The topological polar surface area (TPSA) is 63.3 Å². The molecule has 0 bridgehead atoms. The molecule has 0 aliphatic heterocycles. The molecular formula is C15H18N2O3. The molecule has 2 aromatic rings. The minimum absolute atomic E-state index is 0.0514. The number of fused-ring (bicyclic) bond motifs is 1. The van der Waals surface area contributed by atoms with Crippen LogP contribution in [-0.4, -0.2) is 31.2 Å². The second kappa shape index (κ2) is 5.17. The SMILES string of the molecule is COc1ccc2[nH]cc(NC(=O)C3CC(OC)C3)c2c1. The van der Waals surface area contributed by atoms with Gasteiger partial charge in [-0.05, 0) is 31.0 Å². The Labute approximate surface area is 117 Å². The Morgan fingerprint density at radius 3 is 2.85 bits per heavy atom. The zero-order chi connectivity index (χ0) is 14.1. The number of benzene rings is 1. The molecule has 106 valence electrons. The van der Waals surface area contributed by atoms with Crippen LogP contribution in [0.5, 0.6) is 5.75 Å². The molecule has 1 heterocycles. The van der Waals surface area contributed by atoms with Crippen molar-refractivity contribution in [3.05, 3.63) is 24.4 Å². The Morgan fingerprint density at radius 2 is 2.15 bits per heavy atom. The van der Waals surface area contributed by atoms with Crippen molar-refractivity contribution in [2.24, 2.45) is 5.92 Å². The number of methoxy groups -OCH3 is 2. The fraction of sp³-hybridized carbons (Fsp3) is 0.400. The molecule has 1 aromatic heterocycles. The first-order valence-corrected chi connectivity index (χ1v) is 6.70. The lowest BCUT2D eigenvalue weighted by atomic mass is 9.81. The molecule has 1 aromatic carbocycles. The van der Waals surface area contributed by atoms with Gasteiger partial charge in [-0.2, -0.15) is 0 Å². The highest BCUT2D eigenvalue weighted by Gasteiger charge is 2.34. The van der Waals surface area contributed by atoms with Gasteiger partial charge in [0.1, 0.15) is 5.75 Å². The molecule has 0 radical (unpaired) electrons. The molecule has 5 heteroatoms. The van der Waals surface area contributed by atoms with Crippen LogP contribution >= 0.6 is 0 Å². The molecule has 0 spiro atoms. The number of rotatable bonds is 4. The molecule has 0 unspecified atom stereocenters. The van der Waals surface area contributed by atoms with E-state index in [4.69, 9.17) is 9.47 Å².